The Bertz CT molecular complexity index is 1430. The van der Waals surface area contributed by atoms with Gasteiger partial charge in [-0.2, -0.15) is 0 Å². The molecular weight excluding hydrogens is 518 g/mol. The molecule has 1 fully saturated rings. The monoisotopic (exact) mass is 545 g/mol. The first-order chi connectivity index (χ1) is 18.5. The average molecular weight is 546 g/mol. The summed E-state index contributed by atoms with van der Waals surface area (Å²) in [6.45, 7) is 3.25. The summed E-state index contributed by atoms with van der Waals surface area (Å²) in [5, 5.41) is 6.29. The minimum atomic E-state index is -0.224. The van der Waals surface area contributed by atoms with Crippen molar-refractivity contribution < 1.29 is 14.3 Å². The molecule has 1 aromatic heterocycles. The topological polar surface area (TPSA) is 71.5 Å². The summed E-state index contributed by atoms with van der Waals surface area (Å²) in [6, 6.07) is 23.1. The lowest BCUT2D eigenvalue weighted by Gasteiger charge is -2.31. The molecule has 38 heavy (non-hydrogen) atoms. The van der Waals surface area contributed by atoms with Crippen LogP contribution < -0.4 is 10.1 Å². The number of nitrogens with zero attached hydrogens (tertiary/aromatic N) is 2. The molecule has 2 amide bonds. The van der Waals surface area contributed by atoms with Crippen molar-refractivity contribution in [2.45, 2.75) is 25.7 Å². The summed E-state index contributed by atoms with van der Waals surface area (Å²) >= 11 is 7.61. The van der Waals surface area contributed by atoms with Gasteiger partial charge in [0.25, 0.3) is 11.8 Å². The number of aromatic nitrogens is 1. The first-order valence-electron chi connectivity index (χ1n) is 12.6. The Hall–Kier alpha value is -3.68. The number of aryl methyl sites for hydroxylation is 1. The number of carbonyl (C=O) groups is 2. The zero-order chi connectivity index (χ0) is 26.5. The van der Waals surface area contributed by atoms with E-state index in [2.05, 4.69) is 16.4 Å². The van der Waals surface area contributed by atoms with E-state index in [-0.39, 0.29) is 24.3 Å². The highest BCUT2D eigenvalue weighted by atomic mass is 35.5. The molecule has 0 atom stereocenters. The predicted molar refractivity (Wildman–Crippen MR) is 152 cm³/mol. The van der Waals surface area contributed by atoms with Gasteiger partial charge in [0.2, 0.25) is 0 Å². The number of amides is 2. The van der Waals surface area contributed by atoms with Gasteiger partial charge in [-0.25, -0.2) is 4.98 Å². The van der Waals surface area contributed by atoms with Crippen molar-refractivity contribution in [1.82, 2.24) is 9.88 Å². The summed E-state index contributed by atoms with van der Waals surface area (Å²) < 4.78 is 5.61. The highest BCUT2D eigenvalue weighted by Crippen LogP contribution is 2.32. The van der Waals surface area contributed by atoms with E-state index in [1.807, 2.05) is 71.8 Å². The van der Waals surface area contributed by atoms with Gasteiger partial charge < -0.3 is 15.0 Å². The summed E-state index contributed by atoms with van der Waals surface area (Å²) in [5.74, 6) is 0.439. The van der Waals surface area contributed by atoms with E-state index in [9.17, 15) is 9.59 Å². The lowest BCUT2D eigenvalue weighted by Crippen LogP contribution is -2.40. The Kier molecular flexibility index (Phi) is 8.05. The SMILES string of the molecule is Cc1ccc(NC(=O)c2csc(C3CCN(C(=O)COc4ccccc4Cl)CC3)n2)c(-c2ccccc2)c1. The largest absolute Gasteiger partial charge is 0.482 e. The second-order valence-corrected chi connectivity index (χ2v) is 10.6. The lowest BCUT2D eigenvalue weighted by molar-refractivity contribution is -0.134. The van der Waals surface area contributed by atoms with E-state index >= 15 is 0 Å². The third-order valence-corrected chi connectivity index (χ3v) is 7.97. The molecule has 8 heteroatoms. The summed E-state index contributed by atoms with van der Waals surface area (Å²) in [5.41, 5.74) is 4.32. The van der Waals surface area contributed by atoms with E-state index in [0.29, 0.717) is 29.6 Å². The first-order valence-corrected chi connectivity index (χ1v) is 13.8. The van der Waals surface area contributed by atoms with Gasteiger partial charge in [0.05, 0.1) is 10.0 Å². The van der Waals surface area contributed by atoms with Crippen molar-refractivity contribution in [3.63, 3.8) is 0 Å². The molecule has 3 aromatic carbocycles. The normalized spacial score (nSPS) is 13.8. The molecule has 0 spiro atoms. The number of thiazole rings is 1. The molecule has 1 saturated heterocycles. The lowest BCUT2D eigenvalue weighted by atomic mass is 9.97. The molecule has 194 valence electrons. The van der Waals surface area contributed by atoms with Gasteiger partial charge in [0, 0.05) is 35.6 Å². The minimum Gasteiger partial charge on any atom is -0.482 e. The highest BCUT2D eigenvalue weighted by Gasteiger charge is 2.27. The van der Waals surface area contributed by atoms with Gasteiger partial charge >= 0.3 is 0 Å². The van der Waals surface area contributed by atoms with Gasteiger partial charge in [-0.05, 0) is 49.6 Å². The molecule has 6 nitrogen and oxygen atoms in total. The average Bonchev–Trinajstić information content (AvgIpc) is 3.45. The first kappa shape index (κ1) is 25.9. The van der Waals surface area contributed by atoms with E-state index < -0.39 is 0 Å². The fourth-order valence-electron chi connectivity index (χ4n) is 4.56. The van der Waals surface area contributed by atoms with Gasteiger partial charge in [-0.15, -0.1) is 11.3 Å². The number of hydrogen-bond donors (Lipinski definition) is 1. The van der Waals surface area contributed by atoms with Crippen LogP contribution in [-0.2, 0) is 4.79 Å². The van der Waals surface area contributed by atoms with Crippen molar-refractivity contribution in [3.8, 4) is 16.9 Å². The maximum Gasteiger partial charge on any atom is 0.275 e. The summed E-state index contributed by atoms with van der Waals surface area (Å²) in [6.07, 6.45) is 1.59. The minimum absolute atomic E-state index is 0.0417. The van der Waals surface area contributed by atoms with Gasteiger partial charge in [0.1, 0.15) is 11.4 Å². The third kappa shape index (κ3) is 6.06. The van der Waals surface area contributed by atoms with Gasteiger partial charge in [-0.3, -0.25) is 9.59 Å². The molecular formula is C30H28ClN3O3S. The van der Waals surface area contributed by atoms with Crippen LogP contribution in [0.3, 0.4) is 0 Å². The maximum atomic E-state index is 13.1. The molecule has 0 bridgehead atoms. The van der Waals surface area contributed by atoms with Crippen LogP contribution in [-0.4, -0.2) is 41.4 Å². The quantitative estimate of drug-likeness (QED) is 0.277. The third-order valence-electron chi connectivity index (χ3n) is 6.65. The molecule has 4 aromatic rings. The zero-order valence-corrected chi connectivity index (χ0v) is 22.6. The molecule has 1 N–H and O–H groups in total. The summed E-state index contributed by atoms with van der Waals surface area (Å²) in [4.78, 5) is 32.2. The number of hydrogen-bond acceptors (Lipinski definition) is 5. The highest BCUT2D eigenvalue weighted by molar-refractivity contribution is 7.10. The maximum absolute atomic E-state index is 13.1. The Labute approximate surface area is 231 Å². The Morgan fingerprint density at radius 1 is 1.05 bits per heavy atom. The molecule has 0 aliphatic carbocycles. The number of piperidine rings is 1. The number of halogens is 1. The zero-order valence-electron chi connectivity index (χ0n) is 21.0. The van der Waals surface area contributed by atoms with Crippen LogP contribution in [0.25, 0.3) is 11.1 Å². The molecule has 1 aliphatic heterocycles. The Balaban J connectivity index is 1.18. The second kappa shape index (κ2) is 11.8. The van der Waals surface area contributed by atoms with E-state index in [0.717, 1.165) is 40.2 Å². The molecule has 5 rings (SSSR count). The van der Waals surface area contributed by atoms with Crippen LogP contribution in [0.2, 0.25) is 5.02 Å². The van der Waals surface area contributed by atoms with E-state index in [1.54, 1.807) is 12.1 Å². The number of benzene rings is 3. The molecule has 2 heterocycles. The molecule has 0 saturated carbocycles. The van der Waals surface area contributed by atoms with E-state index in [4.69, 9.17) is 16.3 Å². The van der Waals surface area contributed by atoms with E-state index in [1.165, 1.54) is 11.3 Å². The van der Waals surface area contributed by atoms with Crippen LogP contribution >= 0.6 is 22.9 Å². The number of likely N-dealkylation sites (tertiary alicyclic amines) is 1. The van der Waals surface area contributed by atoms with Crippen LogP contribution in [0.1, 0.15) is 39.8 Å². The number of rotatable bonds is 7. The molecule has 0 radical (unpaired) electrons. The van der Waals surface area contributed by atoms with Crippen molar-refractivity contribution in [3.05, 3.63) is 99.5 Å². The van der Waals surface area contributed by atoms with Crippen LogP contribution in [0.5, 0.6) is 5.75 Å². The van der Waals surface area contributed by atoms with Crippen molar-refractivity contribution >= 4 is 40.4 Å². The number of ether oxygens (including phenoxy) is 1. The van der Waals surface area contributed by atoms with Crippen molar-refractivity contribution in [2.75, 3.05) is 25.0 Å². The number of anilines is 1. The smallest absolute Gasteiger partial charge is 0.275 e. The fraction of sp³-hybridized carbons (Fsp3) is 0.233. The Morgan fingerprint density at radius 2 is 1.79 bits per heavy atom. The second-order valence-electron chi connectivity index (χ2n) is 9.31. The number of para-hydroxylation sites is 1. The van der Waals surface area contributed by atoms with Crippen LogP contribution in [0.15, 0.2) is 78.2 Å². The van der Waals surface area contributed by atoms with Crippen molar-refractivity contribution in [2.24, 2.45) is 0 Å². The molecule has 1 aliphatic rings. The van der Waals surface area contributed by atoms with Crippen LogP contribution in [0.4, 0.5) is 5.69 Å². The summed E-state index contributed by atoms with van der Waals surface area (Å²) in [7, 11) is 0. The van der Waals surface area contributed by atoms with Gasteiger partial charge in [-0.1, -0.05) is 65.7 Å². The van der Waals surface area contributed by atoms with Gasteiger partial charge in [0.15, 0.2) is 6.61 Å². The fourth-order valence-corrected chi connectivity index (χ4v) is 5.72. The Morgan fingerprint density at radius 3 is 2.55 bits per heavy atom. The number of nitrogens with one attached hydrogen (secondary N) is 1. The number of carbonyl (C=O) groups excluding carboxylic acids is 2. The standard InChI is InChI=1S/C30H28ClN3O3S/c1-20-11-12-25(23(17-20)21-7-3-2-4-8-21)32-29(36)26-19-38-30(33-26)22-13-15-34(16-14-22)28(35)18-37-27-10-6-5-9-24(27)31/h2-12,17,19,22H,13-16,18H2,1H3,(H,32,36). The predicted octanol–water partition coefficient (Wildman–Crippen LogP) is 6.81. The molecule has 0 unspecified atom stereocenters. The van der Waals surface area contributed by atoms with Crippen molar-refractivity contribution in [1.29, 1.82) is 0 Å². The van der Waals surface area contributed by atoms with Crippen LogP contribution in [0, 0.1) is 6.92 Å².